The van der Waals surface area contributed by atoms with Crippen LogP contribution in [0.1, 0.15) is 0 Å². The number of hydrogen-bond donors (Lipinski definition) is 1. The molecular formula is C11H9F2N3O2. The quantitative estimate of drug-likeness (QED) is 0.907. The number of nitrogen functional groups attached to an aromatic ring is 1. The Morgan fingerprint density at radius 2 is 1.89 bits per heavy atom. The van der Waals surface area contributed by atoms with Crippen LogP contribution in [0.25, 0.3) is 0 Å². The van der Waals surface area contributed by atoms with Crippen LogP contribution >= 0.6 is 0 Å². The average molecular weight is 253 g/mol. The second kappa shape index (κ2) is 4.82. The van der Waals surface area contributed by atoms with E-state index in [9.17, 15) is 8.78 Å². The van der Waals surface area contributed by atoms with Crippen LogP contribution in [0.15, 0.2) is 24.5 Å². The molecule has 0 radical (unpaired) electrons. The van der Waals surface area contributed by atoms with Crippen LogP contribution in [0.4, 0.5) is 14.5 Å². The zero-order chi connectivity index (χ0) is 13.1. The van der Waals surface area contributed by atoms with Crippen molar-refractivity contribution < 1.29 is 18.3 Å². The minimum absolute atomic E-state index is 0.00339. The van der Waals surface area contributed by atoms with Gasteiger partial charge in [0, 0.05) is 6.07 Å². The van der Waals surface area contributed by atoms with Gasteiger partial charge in [0.2, 0.25) is 11.8 Å². The third-order valence-corrected chi connectivity index (χ3v) is 2.10. The summed E-state index contributed by atoms with van der Waals surface area (Å²) in [6, 6.07) is 2.81. The van der Waals surface area contributed by atoms with Gasteiger partial charge >= 0.3 is 0 Å². The van der Waals surface area contributed by atoms with Crippen molar-refractivity contribution >= 4 is 5.69 Å². The number of halogens is 2. The van der Waals surface area contributed by atoms with Crippen molar-refractivity contribution in [1.82, 2.24) is 9.97 Å². The van der Waals surface area contributed by atoms with Crippen molar-refractivity contribution in [2.24, 2.45) is 0 Å². The van der Waals surface area contributed by atoms with Crippen LogP contribution < -0.4 is 15.2 Å². The normalized spacial score (nSPS) is 10.2. The van der Waals surface area contributed by atoms with Gasteiger partial charge < -0.3 is 15.2 Å². The third-order valence-electron chi connectivity index (χ3n) is 2.10. The molecule has 1 aromatic heterocycles. The minimum atomic E-state index is -0.728. The molecule has 0 unspecified atom stereocenters. The van der Waals surface area contributed by atoms with Crippen LogP contribution in [0, 0.1) is 11.6 Å². The van der Waals surface area contributed by atoms with E-state index in [0.717, 1.165) is 24.5 Å². The molecule has 0 bridgehead atoms. The van der Waals surface area contributed by atoms with Crippen LogP contribution in [-0.4, -0.2) is 17.1 Å². The first-order valence-electron chi connectivity index (χ1n) is 4.89. The van der Waals surface area contributed by atoms with Gasteiger partial charge in [-0.3, -0.25) is 0 Å². The minimum Gasteiger partial charge on any atom is -0.479 e. The summed E-state index contributed by atoms with van der Waals surface area (Å²) in [6.07, 6.45) is 1.14. The van der Waals surface area contributed by atoms with Crippen molar-refractivity contribution in [3.8, 4) is 17.5 Å². The molecule has 1 aromatic carbocycles. The van der Waals surface area contributed by atoms with Crippen LogP contribution in [0.3, 0.4) is 0 Å². The fraction of sp³-hybridized carbons (Fsp3) is 0.0909. The number of nitrogens with zero attached hydrogens (tertiary/aromatic N) is 2. The predicted octanol–water partition coefficient (Wildman–Crippen LogP) is 2.14. The summed E-state index contributed by atoms with van der Waals surface area (Å²) in [5.74, 6) is -1.69. The van der Waals surface area contributed by atoms with Gasteiger partial charge in [-0.2, -0.15) is 9.97 Å². The van der Waals surface area contributed by atoms with E-state index in [-0.39, 0.29) is 23.2 Å². The van der Waals surface area contributed by atoms with Crippen LogP contribution in [0.5, 0.6) is 17.5 Å². The molecule has 0 spiro atoms. The molecule has 0 saturated carbocycles. The fourth-order valence-electron chi connectivity index (χ4n) is 1.27. The summed E-state index contributed by atoms with van der Waals surface area (Å²) < 4.78 is 36.3. The van der Waals surface area contributed by atoms with Crippen molar-refractivity contribution in [3.63, 3.8) is 0 Å². The molecule has 18 heavy (non-hydrogen) atoms. The molecule has 5 nitrogen and oxygen atoms in total. The molecule has 2 aromatic rings. The highest BCUT2D eigenvalue weighted by Crippen LogP contribution is 2.31. The number of hydrogen-bond acceptors (Lipinski definition) is 5. The van der Waals surface area contributed by atoms with Gasteiger partial charge in [0.1, 0.15) is 12.1 Å². The van der Waals surface area contributed by atoms with Gasteiger partial charge in [0.15, 0.2) is 17.3 Å². The predicted molar refractivity (Wildman–Crippen MR) is 59.4 cm³/mol. The van der Waals surface area contributed by atoms with E-state index in [0.29, 0.717) is 0 Å². The lowest BCUT2D eigenvalue weighted by Crippen LogP contribution is -2.01. The number of ether oxygens (including phenoxy) is 2. The number of rotatable bonds is 3. The highest BCUT2D eigenvalue weighted by atomic mass is 19.1. The topological polar surface area (TPSA) is 70.3 Å². The molecular weight excluding hydrogens is 244 g/mol. The van der Waals surface area contributed by atoms with E-state index in [1.807, 2.05) is 0 Å². The molecule has 0 aliphatic carbocycles. The van der Waals surface area contributed by atoms with Crippen molar-refractivity contribution in [3.05, 3.63) is 36.2 Å². The maximum atomic E-state index is 13.4. The molecule has 2 N–H and O–H groups in total. The Labute approximate surface area is 101 Å². The monoisotopic (exact) mass is 253 g/mol. The summed E-state index contributed by atoms with van der Waals surface area (Å²) in [5, 5.41) is 0. The second-order valence-corrected chi connectivity index (χ2v) is 3.28. The zero-order valence-electron chi connectivity index (χ0n) is 9.35. The van der Waals surface area contributed by atoms with E-state index >= 15 is 0 Å². The Hall–Kier alpha value is -2.44. The molecule has 94 valence electrons. The van der Waals surface area contributed by atoms with Gasteiger partial charge in [-0.25, -0.2) is 8.78 Å². The first kappa shape index (κ1) is 12.0. The maximum Gasteiger partial charge on any atom is 0.249 e. The van der Waals surface area contributed by atoms with Crippen LogP contribution in [-0.2, 0) is 0 Å². The molecule has 0 aliphatic rings. The Bertz CT molecular complexity index is 578. The molecule has 0 aliphatic heterocycles. The lowest BCUT2D eigenvalue weighted by molar-refractivity contribution is 0.387. The molecule has 7 heteroatoms. The van der Waals surface area contributed by atoms with E-state index in [1.165, 1.54) is 7.11 Å². The largest absolute Gasteiger partial charge is 0.479 e. The average Bonchev–Trinajstić information content (AvgIpc) is 2.36. The maximum absolute atomic E-state index is 13.4. The number of benzene rings is 1. The Kier molecular flexibility index (Phi) is 3.22. The van der Waals surface area contributed by atoms with E-state index in [2.05, 4.69) is 9.97 Å². The van der Waals surface area contributed by atoms with Gasteiger partial charge in [0.05, 0.1) is 7.11 Å². The number of anilines is 1. The van der Waals surface area contributed by atoms with E-state index in [1.54, 1.807) is 0 Å². The highest BCUT2D eigenvalue weighted by Gasteiger charge is 2.13. The summed E-state index contributed by atoms with van der Waals surface area (Å²) in [7, 11) is 1.37. The summed E-state index contributed by atoms with van der Waals surface area (Å²) in [5.41, 5.74) is 5.64. The number of methoxy groups -OCH3 is 1. The smallest absolute Gasteiger partial charge is 0.249 e. The number of aromatic nitrogens is 2. The lowest BCUT2D eigenvalue weighted by Gasteiger charge is -2.09. The summed E-state index contributed by atoms with van der Waals surface area (Å²) in [4.78, 5) is 7.46. The first-order valence-corrected chi connectivity index (χ1v) is 4.89. The van der Waals surface area contributed by atoms with Crippen molar-refractivity contribution in [2.75, 3.05) is 12.8 Å². The van der Waals surface area contributed by atoms with Gasteiger partial charge in [-0.15, -0.1) is 0 Å². The van der Waals surface area contributed by atoms with Gasteiger partial charge in [0.25, 0.3) is 0 Å². The summed E-state index contributed by atoms with van der Waals surface area (Å²) in [6.45, 7) is 0. The van der Waals surface area contributed by atoms with Crippen LogP contribution in [0.2, 0.25) is 0 Å². The standard InChI is InChI=1S/C11H9F2N3O2/c1-17-10-9(14)11(16-5-15-10)18-8-4-6(12)2-3-7(8)13/h2-5H,14H2,1H3. The van der Waals surface area contributed by atoms with Gasteiger partial charge in [-0.05, 0) is 12.1 Å². The third kappa shape index (κ3) is 2.29. The Balaban J connectivity index is 2.37. The summed E-state index contributed by atoms with van der Waals surface area (Å²) >= 11 is 0. The Morgan fingerprint density at radius 1 is 1.17 bits per heavy atom. The van der Waals surface area contributed by atoms with E-state index in [4.69, 9.17) is 15.2 Å². The molecule has 2 rings (SSSR count). The second-order valence-electron chi connectivity index (χ2n) is 3.28. The SMILES string of the molecule is COc1ncnc(Oc2cc(F)ccc2F)c1N. The van der Waals surface area contributed by atoms with Crippen molar-refractivity contribution in [2.45, 2.75) is 0 Å². The highest BCUT2D eigenvalue weighted by molar-refractivity contribution is 5.56. The van der Waals surface area contributed by atoms with E-state index < -0.39 is 11.6 Å². The molecule has 1 heterocycles. The number of nitrogens with two attached hydrogens (primary N) is 1. The lowest BCUT2D eigenvalue weighted by atomic mass is 10.3. The fourth-order valence-corrected chi connectivity index (χ4v) is 1.27. The molecule has 0 fully saturated rings. The first-order chi connectivity index (χ1) is 8.61. The zero-order valence-corrected chi connectivity index (χ0v) is 9.35. The Morgan fingerprint density at radius 3 is 2.61 bits per heavy atom. The van der Waals surface area contributed by atoms with Crippen molar-refractivity contribution in [1.29, 1.82) is 0 Å². The molecule has 0 atom stereocenters. The molecule has 0 amide bonds. The molecule has 0 saturated heterocycles. The van der Waals surface area contributed by atoms with Gasteiger partial charge in [-0.1, -0.05) is 0 Å².